The summed E-state index contributed by atoms with van der Waals surface area (Å²) in [6, 6.07) is 19.5. The van der Waals surface area contributed by atoms with Crippen molar-refractivity contribution in [3.63, 3.8) is 0 Å². The molecule has 1 unspecified atom stereocenters. The molecule has 0 N–H and O–H groups in total. The Morgan fingerprint density at radius 3 is 2.59 bits per heavy atom. The van der Waals surface area contributed by atoms with Gasteiger partial charge in [-0.3, -0.25) is 14.7 Å². The normalized spacial score (nSPS) is 16.3. The van der Waals surface area contributed by atoms with Crippen molar-refractivity contribution in [3.8, 4) is 0 Å². The second-order valence-electron chi connectivity index (χ2n) is 6.92. The maximum atomic E-state index is 13.7. The topological polar surface area (TPSA) is 54.8 Å². The van der Waals surface area contributed by atoms with Crippen molar-refractivity contribution in [2.45, 2.75) is 26.0 Å². The lowest BCUT2D eigenvalue weighted by Crippen LogP contribution is -2.48. The van der Waals surface area contributed by atoms with E-state index in [0.717, 1.165) is 11.1 Å². The summed E-state index contributed by atoms with van der Waals surface area (Å²) in [5.41, 5.74) is 3.08. The van der Waals surface area contributed by atoms with Gasteiger partial charge >= 0.3 is 0 Å². The third-order valence-electron chi connectivity index (χ3n) is 4.78. The summed E-state index contributed by atoms with van der Waals surface area (Å²) in [6.07, 6.45) is 1.29. The van der Waals surface area contributed by atoms with Crippen LogP contribution in [-0.2, 0) is 22.6 Å². The highest BCUT2D eigenvalue weighted by atomic mass is 19.1. The molecule has 1 amide bonds. The number of pyridine rings is 1. The molecule has 2 heterocycles. The van der Waals surface area contributed by atoms with E-state index in [1.807, 2.05) is 49.4 Å². The van der Waals surface area contributed by atoms with Crippen LogP contribution < -0.4 is 0 Å². The molecule has 0 fully saturated rings. The van der Waals surface area contributed by atoms with Gasteiger partial charge in [0.05, 0.1) is 6.54 Å². The predicted octanol–water partition coefficient (Wildman–Crippen LogP) is 3.86. The molecule has 4 rings (SSSR count). The minimum atomic E-state index is -0.751. The zero-order valence-electron chi connectivity index (χ0n) is 16.0. The number of rotatable bonds is 5. The standard InChI is InChI=1S/C23H20FN3O2/c1-16-7-6-12-25-21(16)22-26-29-20(14-17-8-3-2-4-9-17)23(28)27(22)15-18-10-5-11-19(24)13-18/h2-13,20H,14-15H2,1H3. The van der Waals surface area contributed by atoms with Gasteiger partial charge in [0.25, 0.3) is 5.91 Å². The van der Waals surface area contributed by atoms with Gasteiger partial charge in [-0.25, -0.2) is 4.39 Å². The number of amides is 1. The molecule has 1 aromatic heterocycles. The quantitative estimate of drug-likeness (QED) is 0.666. The SMILES string of the molecule is Cc1cccnc1C1=NOC(Cc2ccccc2)C(=O)N1Cc1cccc(F)c1. The van der Waals surface area contributed by atoms with Gasteiger partial charge in [0.2, 0.25) is 11.9 Å². The van der Waals surface area contributed by atoms with Gasteiger partial charge in [0.1, 0.15) is 11.5 Å². The monoisotopic (exact) mass is 389 g/mol. The van der Waals surface area contributed by atoms with Gasteiger partial charge in [-0.1, -0.05) is 53.7 Å². The lowest BCUT2D eigenvalue weighted by molar-refractivity contribution is -0.143. The van der Waals surface area contributed by atoms with Crippen LogP contribution in [0.3, 0.4) is 0 Å². The van der Waals surface area contributed by atoms with Crippen molar-refractivity contribution in [2.24, 2.45) is 5.16 Å². The summed E-state index contributed by atoms with van der Waals surface area (Å²) in [5.74, 6) is -0.244. The second kappa shape index (κ2) is 8.22. The number of nitrogens with zero attached hydrogens (tertiary/aromatic N) is 3. The average molecular weight is 389 g/mol. The molecule has 0 saturated carbocycles. The maximum Gasteiger partial charge on any atom is 0.272 e. The van der Waals surface area contributed by atoms with E-state index >= 15 is 0 Å². The zero-order valence-corrected chi connectivity index (χ0v) is 16.0. The Morgan fingerprint density at radius 2 is 1.83 bits per heavy atom. The first-order valence-corrected chi connectivity index (χ1v) is 9.37. The van der Waals surface area contributed by atoms with Crippen LogP contribution in [-0.4, -0.2) is 27.7 Å². The highest BCUT2D eigenvalue weighted by molar-refractivity contribution is 6.09. The Labute approximate surface area is 168 Å². The number of amidine groups is 1. The number of halogens is 1. The molecular formula is C23H20FN3O2. The molecule has 1 atom stereocenters. The summed E-state index contributed by atoms with van der Waals surface area (Å²) in [4.78, 5) is 24.8. The fraction of sp³-hybridized carbons (Fsp3) is 0.174. The summed E-state index contributed by atoms with van der Waals surface area (Å²) in [6.45, 7) is 2.08. The molecule has 0 radical (unpaired) electrons. The highest BCUT2D eigenvalue weighted by Gasteiger charge is 2.35. The average Bonchev–Trinajstić information content (AvgIpc) is 2.73. The van der Waals surface area contributed by atoms with Gasteiger partial charge in [-0.05, 0) is 41.8 Å². The van der Waals surface area contributed by atoms with Gasteiger partial charge in [-0.15, -0.1) is 0 Å². The first kappa shape index (κ1) is 18.8. The van der Waals surface area contributed by atoms with Crippen LogP contribution in [0.1, 0.15) is 22.4 Å². The van der Waals surface area contributed by atoms with Crippen LogP contribution >= 0.6 is 0 Å². The molecule has 0 saturated heterocycles. The number of oxime groups is 1. The lowest BCUT2D eigenvalue weighted by atomic mass is 10.1. The Hall–Kier alpha value is -3.54. The maximum absolute atomic E-state index is 13.7. The Morgan fingerprint density at radius 1 is 1.03 bits per heavy atom. The van der Waals surface area contributed by atoms with Crippen molar-refractivity contribution >= 4 is 11.7 Å². The van der Waals surface area contributed by atoms with E-state index < -0.39 is 6.10 Å². The third kappa shape index (κ3) is 4.16. The lowest BCUT2D eigenvalue weighted by Gasteiger charge is -2.31. The van der Waals surface area contributed by atoms with Crippen molar-refractivity contribution < 1.29 is 14.0 Å². The van der Waals surface area contributed by atoms with Crippen LogP contribution in [0, 0.1) is 12.7 Å². The molecular weight excluding hydrogens is 369 g/mol. The number of aromatic nitrogens is 1. The van der Waals surface area contributed by atoms with Crippen LogP contribution in [0.2, 0.25) is 0 Å². The van der Waals surface area contributed by atoms with Crippen molar-refractivity contribution in [3.05, 3.63) is 101 Å². The van der Waals surface area contributed by atoms with Crippen molar-refractivity contribution in [2.75, 3.05) is 0 Å². The molecule has 0 spiro atoms. The Bertz CT molecular complexity index is 1050. The molecule has 29 heavy (non-hydrogen) atoms. The first-order chi connectivity index (χ1) is 14.1. The molecule has 2 aromatic carbocycles. The fourth-order valence-electron chi connectivity index (χ4n) is 3.30. The molecule has 1 aliphatic rings. The zero-order chi connectivity index (χ0) is 20.2. The van der Waals surface area contributed by atoms with Crippen molar-refractivity contribution in [1.29, 1.82) is 0 Å². The van der Waals surface area contributed by atoms with Gasteiger partial charge < -0.3 is 4.84 Å². The predicted molar refractivity (Wildman–Crippen MR) is 107 cm³/mol. The number of aryl methyl sites for hydroxylation is 1. The molecule has 5 nitrogen and oxygen atoms in total. The van der Waals surface area contributed by atoms with E-state index in [4.69, 9.17) is 4.84 Å². The summed E-state index contributed by atoms with van der Waals surface area (Å²) in [5, 5.41) is 4.25. The number of hydrogen-bond donors (Lipinski definition) is 0. The number of carbonyl (C=O) groups is 1. The first-order valence-electron chi connectivity index (χ1n) is 9.37. The molecule has 0 bridgehead atoms. The number of benzene rings is 2. The van der Waals surface area contributed by atoms with Crippen molar-refractivity contribution in [1.82, 2.24) is 9.88 Å². The third-order valence-corrected chi connectivity index (χ3v) is 4.78. The Balaban J connectivity index is 1.68. The molecule has 3 aromatic rings. The number of hydrogen-bond acceptors (Lipinski definition) is 4. The van der Waals surface area contributed by atoms with E-state index in [1.165, 1.54) is 17.0 Å². The highest BCUT2D eigenvalue weighted by Crippen LogP contribution is 2.21. The summed E-state index contributed by atoms with van der Waals surface area (Å²) < 4.78 is 13.7. The molecule has 1 aliphatic heterocycles. The van der Waals surface area contributed by atoms with Crippen LogP contribution in [0.25, 0.3) is 0 Å². The van der Waals surface area contributed by atoms with E-state index in [1.54, 1.807) is 18.3 Å². The smallest absolute Gasteiger partial charge is 0.272 e. The van der Waals surface area contributed by atoms with E-state index in [2.05, 4.69) is 10.1 Å². The van der Waals surface area contributed by atoms with Crippen LogP contribution in [0.4, 0.5) is 4.39 Å². The number of carbonyl (C=O) groups excluding carboxylic acids is 1. The van der Waals surface area contributed by atoms with Crippen LogP contribution in [0.15, 0.2) is 78.1 Å². The summed E-state index contributed by atoms with van der Waals surface area (Å²) in [7, 11) is 0. The molecule has 146 valence electrons. The van der Waals surface area contributed by atoms with Gasteiger partial charge in [0.15, 0.2) is 0 Å². The van der Waals surface area contributed by atoms with Crippen LogP contribution in [0.5, 0.6) is 0 Å². The van der Waals surface area contributed by atoms with E-state index in [9.17, 15) is 9.18 Å². The second-order valence-corrected chi connectivity index (χ2v) is 6.92. The summed E-state index contributed by atoms with van der Waals surface area (Å²) >= 11 is 0. The van der Waals surface area contributed by atoms with Gasteiger partial charge in [-0.2, -0.15) is 0 Å². The largest absolute Gasteiger partial charge is 0.380 e. The van der Waals surface area contributed by atoms with Gasteiger partial charge in [0, 0.05) is 12.6 Å². The fourth-order valence-corrected chi connectivity index (χ4v) is 3.30. The minimum Gasteiger partial charge on any atom is -0.380 e. The minimum absolute atomic E-state index is 0.181. The molecule has 6 heteroatoms. The molecule has 0 aliphatic carbocycles. The van der Waals surface area contributed by atoms with E-state index in [-0.39, 0.29) is 18.3 Å². The Kier molecular flexibility index (Phi) is 5.33. The van der Waals surface area contributed by atoms with E-state index in [0.29, 0.717) is 23.5 Å².